The number of nitrogens with zero attached hydrogens (tertiary/aromatic N) is 4. The third kappa shape index (κ3) is 5.71. The number of aliphatic carboxylic acids is 1. The molecule has 3 N–H and O–H groups in total. The van der Waals surface area contributed by atoms with Crippen LogP contribution in [-0.4, -0.2) is 67.0 Å². The van der Waals surface area contributed by atoms with Crippen LogP contribution in [0.4, 0.5) is 10.5 Å². The Hall–Kier alpha value is -3.22. The molecule has 0 unspecified atom stereocenters. The van der Waals surface area contributed by atoms with Gasteiger partial charge in [-0.15, -0.1) is 0 Å². The highest BCUT2D eigenvalue weighted by Gasteiger charge is 2.60. The van der Waals surface area contributed by atoms with Gasteiger partial charge in [0.2, 0.25) is 22.1 Å². The number of hydrogen-bond donors (Lipinski definition) is 3. The largest absolute Gasteiger partial charge is 1.00 e. The maximum Gasteiger partial charge on any atom is 0.407 e. The molecule has 0 saturated carbocycles. The predicted octanol–water partition coefficient (Wildman–Crippen LogP) is -0.591. The zero-order chi connectivity index (χ0) is 29.6. The molecular formula is C26H28IN5O8S2. The number of aliphatic hydroxyl groups is 1. The van der Waals surface area contributed by atoms with Crippen molar-refractivity contribution in [3.05, 3.63) is 63.0 Å². The van der Waals surface area contributed by atoms with Gasteiger partial charge in [-0.25, -0.2) is 14.2 Å². The lowest BCUT2D eigenvalue weighted by Gasteiger charge is -2.46. The average molecular weight is 730 g/mol. The molecule has 2 aromatic heterocycles. The van der Waals surface area contributed by atoms with Crippen molar-refractivity contribution in [2.75, 3.05) is 12.3 Å². The molecular weight excluding hydrogens is 701 g/mol. The van der Waals surface area contributed by atoms with Crippen LogP contribution >= 0.6 is 23.1 Å². The van der Waals surface area contributed by atoms with Gasteiger partial charge in [0, 0.05) is 35.9 Å². The number of nitro benzene ring substituents is 1. The van der Waals surface area contributed by atoms with E-state index in [0.717, 1.165) is 14.7 Å². The second-order valence-corrected chi connectivity index (χ2v) is 12.0. The molecule has 224 valence electrons. The molecule has 0 spiro atoms. The molecule has 5 rings (SSSR count). The van der Waals surface area contributed by atoms with Crippen LogP contribution in [0.15, 0.2) is 47.5 Å². The number of carboxylic acid groups (broad SMARTS) is 1. The van der Waals surface area contributed by atoms with Gasteiger partial charge in [0.1, 0.15) is 18.5 Å². The minimum atomic E-state index is -1.17. The standard InChI is InChI=1S/C26H27N5O8S2.HI/c1-13-18(21(25(34)35)30-20(13)19(14(2)32)22(30)33)17-10-29-12-28(3)23(24(29)41-17)40-9-8-27-26(36)39-11-15-4-6-16(7-5-15)31(37)38;/h4-7,10,12-14,19-20,32H,8-9,11H2,1-3H3,(H-,27,34,35,36);1H/t13-,14+,19+,20+;/m0./s1. The number of thioether (sulfide) groups is 1. The first-order valence-corrected chi connectivity index (χ1v) is 14.6. The number of aryl methyl sites for hydroxylation is 1. The van der Waals surface area contributed by atoms with Crippen molar-refractivity contribution in [2.24, 2.45) is 18.9 Å². The zero-order valence-corrected chi connectivity index (χ0v) is 26.5. The number of β-lactam (4-membered cyclic amide) rings is 1. The molecule has 16 heteroatoms. The van der Waals surface area contributed by atoms with Gasteiger partial charge >= 0.3 is 12.1 Å². The van der Waals surface area contributed by atoms with E-state index in [-0.39, 0.29) is 59.8 Å². The number of carboxylic acids is 1. The Labute approximate surface area is 265 Å². The number of rotatable bonds is 10. The van der Waals surface area contributed by atoms with E-state index in [1.807, 2.05) is 35.5 Å². The first kappa shape index (κ1) is 31.7. The third-order valence-corrected chi connectivity index (χ3v) is 9.70. The quantitative estimate of drug-likeness (QED) is 0.0470. The fourth-order valence-electron chi connectivity index (χ4n) is 5.39. The van der Waals surface area contributed by atoms with Crippen molar-refractivity contribution in [3.63, 3.8) is 0 Å². The second kappa shape index (κ2) is 12.6. The number of aromatic nitrogens is 2. The van der Waals surface area contributed by atoms with E-state index in [1.54, 1.807) is 6.92 Å². The molecule has 1 saturated heterocycles. The number of carbonyl (C=O) groups is 3. The van der Waals surface area contributed by atoms with E-state index in [9.17, 15) is 34.7 Å². The summed E-state index contributed by atoms with van der Waals surface area (Å²) in [5.74, 6) is -1.88. The van der Waals surface area contributed by atoms with Crippen molar-refractivity contribution in [1.82, 2.24) is 14.8 Å². The number of carbonyl (C=O) groups excluding carboxylic acids is 2. The van der Waals surface area contributed by atoms with E-state index in [1.165, 1.54) is 52.3 Å². The topological polar surface area (TPSA) is 168 Å². The number of halogens is 1. The number of benzene rings is 1. The fourth-order valence-corrected chi connectivity index (χ4v) is 7.78. The average Bonchev–Trinajstić information content (AvgIpc) is 3.52. The Morgan fingerprint density at radius 2 is 2.00 bits per heavy atom. The lowest BCUT2D eigenvalue weighted by molar-refractivity contribution is -0.508. The number of alkyl carbamates (subject to hydrolysis) is 1. The van der Waals surface area contributed by atoms with Crippen LogP contribution in [0.25, 0.3) is 10.4 Å². The lowest BCUT2D eigenvalue weighted by Crippen LogP contribution is -3.00. The van der Waals surface area contributed by atoms with Crippen LogP contribution < -0.4 is 33.7 Å². The van der Waals surface area contributed by atoms with Gasteiger partial charge in [0.15, 0.2) is 0 Å². The number of amides is 2. The molecule has 2 aliphatic rings. The molecule has 4 atom stereocenters. The summed E-state index contributed by atoms with van der Waals surface area (Å²) in [6.45, 7) is 3.75. The number of nitro groups is 1. The molecule has 3 aromatic rings. The monoisotopic (exact) mass is 729 g/mol. The highest BCUT2D eigenvalue weighted by atomic mass is 127. The fraction of sp³-hybridized carbons (Fsp3) is 0.385. The van der Waals surface area contributed by atoms with Crippen molar-refractivity contribution in [1.29, 1.82) is 0 Å². The molecule has 1 fully saturated rings. The highest BCUT2D eigenvalue weighted by Crippen LogP contribution is 2.51. The van der Waals surface area contributed by atoms with Gasteiger partial charge < -0.3 is 49.1 Å². The first-order chi connectivity index (χ1) is 19.5. The summed E-state index contributed by atoms with van der Waals surface area (Å²) in [6, 6.07) is 5.37. The van der Waals surface area contributed by atoms with Crippen LogP contribution in [0, 0.1) is 22.0 Å². The minimum absolute atomic E-state index is 0. The summed E-state index contributed by atoms with van der Waals surface area (Å²) in [4.78, 5) is 50.2. The number of thiazole rings is 1. The normalized spacial score (nSPS) is 20.1. The van der Waals surface area contributed by atoms with Crippen LogP contribution in [0.3, 0.4) is 0 Å². The molecule has 42 heavy (non-hydrogen) atoms. The number of aliphatic hydroxyl groups excluding tert-OH is 1. The smallest absolute Gasteiger partial charge is 0.407 e. The van der Waals surface area contributed by atoms with Gasteiger partial charge in [-0.2, -0.15) is 4.40 Å². The number of nitrogens with one attached hydrogen (secondary N) is 1. The Morgan fingerprint density at radius 3 is 2.62 bits per heavy atom. The van der Waals surface area contributed by atoms with Crippen molar-refractivity contribution >= 4 is 57.2 Å². The van der Waals surface area contributed by atoms with Crippen LogP contribution in [-0.2, 0) is 28.0 Å². The summed E-state index contributed by atoms with van der Waals surface area (Å²) in [7, 11) is 1.89. The number of non-ortho nitro benzene ring substituents is 1. The molecule has 2 aliphatic heterocycles. The first-order valence-electron chi connectivity index (χ1n) is 12.8. The molecule has 13 nitrogen and oxygen atoms in total. The Balaban J connectivity index is 0.00000405. The summed E-state index contributed by atoms with van der Waals surface area (Å²) >= 11 is 2.94. The molecule has 0 radical (unpaired) electrons. The van der Waals surface area contributed by atoms with E-state index >= 15 is 0 Å². The van der Waals surface area contributed by atoms with Gasteiger partial charge in [0.05, 0.1) is 34.9 Å². The van der Waals surface area contributed by atoms with Gasteiger partial charge in [0.25, 0.3) is 5.69 Å². The van der Waals surface area contributed by atoms with E-state index in [2.05, 4.69) is 5.32 Å². The summed E-state index contributed by atoms with van der Waals surface area (Å²) in [5, 5.41) is 34.4. The van der Waals surface area contributed by atoms with Gasteiger partial charge in [-0.05, 0) is 24.6 Å². The van der Waals surface area contributed by atoms with E-state index in [4.69, 9.17) is 4.74 Å². The summed E-state index contributed by atoms with van der Waals surface area (Å²) in [5.41, 5.74) is 1.15. The maximum absolute atomic E-state index is 12.7. The molecule has 4 heterocycles. The molecule has 1 aromatic carbocycles. The summed E-state index contributed by atoms with van der Waals surface area (Å²) < 4.78 is 9.03. The van der Waals surface area contributed by atoms with E-state index < -0.39 is 29.0 Å². The number of hydrogen-bond acceptors (Lipinski definition) is 9. The zero-order valence-electron chi connectivity index (χ0n) is 22.7. The predicted molar refractivity (Wildman–Crippen MR) is 148 cm³/mol. The van der Waals surface area contributed by atoms with Crippen molar-refractivity contribution in [2.45, 2.75) is 37.6 Å². The Bertz CT molecular complexity index is 1580. The second-order valence-electron chi connectivity index (χ2n) is 9.94. The molecule has 0 bridgehead atoms. The molecule has 0 aliphatic carbocycles. The van der Waals surface area contributed by atoms with Crippen molar-refractivity contribution in [3.8, 4) is 0 Å². The highest BCUT2D eigenvalue weighted by molar-refractivity contribution is 7.99. The van der Waals surface area contributed by atoms with Crippen LogP contribution in [0.1, 0.15) is 24.3 Å². The number of ether oxygens (including phenoxy) is 1. The van der Waals surface area contributed by atoms with Crippen molar-refractivity contribution < 1.29 is 62.6 Å². The molecule has 2 amide bonds. The Morgan fingerprint density at radius 1 is 1.31 bits per heavy atom. The summed E-state index contributed by atoms with van der Waals surface area (Å²) in [6.07, 6.45) is 2.27. The lowest BCUT2D eigenvalue weighted by atomic mass is 9.77. The van der Waals surface area contributed by atoms with E-state index in [0.29, 0.717) is 23.4 Å². The minimum Gasteiger partial charge on any atom is -1.00 e. The van der Waals surface area contributed by atoms with Gasteiger partial charge in [-0.3, -0.25) is 14.9 Å². The maximum atomic E-state index is 12.7. The number of imidazole rings is 1. The Kier molecular flexibility index (Phi) is 9.49. The number of fused-ring (bicyclic) bond motifs is 2. The SMILES string of the molecule is C[C@@H](O)[C@H]1C(=O)N2C(C(=O)O)=C(c3c[n+]4cn(C)c(SCCNC(=O)OCc5ccc([N+](=O)[O-])cc5)c4s3)[C@H](C)[C@H]12.[I-]. The van der Waals surface area contributed by atoms with Crippen LogP contribution in [0.2, 0.25) is 0 Å². The van der Waals surface area contributed by atoms with Gasteiger partial charge in [-0.1, -0.05) is 30.0 Å². The third-order valence-electron chi connectivity index (χ3n) is 7.27. The van der Waals surface area contributed by atoms with Crippen LogP contribution in [0.5, 0.6) is 0 Å².